The number of nitrogens with one attached hydrogen (secondary N) is 2. The molecule has 3 rings (SSSR count). The molecular weight excluding hydrogens is 334 g/mol. The Morgan fingerprint density at radius 3 is 2.68 bits per heavy atom. The fourth-order valence-electron chi connectivity index (χ4n) is 2.67. The minimum absolute atomic E-state index is 0.0949. The maximum Gasteiger partial charge on any atom is 0.405 e. The summed E-state index contributed by atoms with van der Waals surface area (Å²) in [6, 6.07) is 7.32. The predicted octanol–water partition coefficient (Wildman–Crippen LogP) is 3.31. The van der Waals surface area contributed by atoms with E-state index in [0.717, 1.165) is 12.1 Å². The third kappa shape index (κ3) is 3.52. The van der Waals surface area contributed by atoms with Crippen molar-refractivity contribution in [2.45, 2.75) is 12.5 Å². The van der Waals surface area contributed by atoms with Gasteiger partial charge < -0.3 is 20.5 Å². The molecule has 2 aromatic carbocycles. The molecule has 0 saturated heterocycles. The molecule has 0 bridgehead atoms. The van der Waals surface area contributed by atoms with Crippen LogP contribution in [0.2, 0.25) is 0 Å². The number of fused-ring (bicyclic) bond motifs is 1. The minimum Gasteiger partial charge on any atom is -0.492 e. The number of halogens is 2. The van der Waals surface area contributed by atoms with Crippen molar-refractivity contribution in [2.24, 2.45) is 0 Å². The normalized spacial score (nSPS) is 15.7. The largest absolute Gasteiger partial charge is 0.492 e. The predicted molar refractivity (Wildman–Crippen MR) is 84.8 cm³/mol. The lowest BCUT2D eigenvalue weighted by atomic mass is 9.97. The first kappa shape index (κ1) is 16.7. The number of rotatable bonds is 3. The van der Waals surface area contributed by atoms with Crippen LogP contribution < -0.4 is 15.4 Å². The molecular formula is C17H14F2N2O4. The van der Waals surface area contributed by atoms with Gasteiger partial charge in [-0.2, -0.15) is 0 Å². The first-order valence-corrected chi connectivity index (χ1v) is 7.47. The Balaban J connectivity index is 1.88. The number of amides is 2. The molecule has 0 fully saturated rings. The van der Waals surface area contributed by atoms with Gasteiger partial charge in [0.25, 0.3) is 5.91 Å². The monoisotopic (exact) mass is 348 g/mol. The molecule has 1 atom stereocenters. The van der Waals surface area contributed by atoms with Crippen LogP contribution >= 0.6 is 0 Å². The van der Waals surface area contributed by atoms with E-state index in [1.807, 2.05) is 0 Å². The number of ether oxygens (including phenoxy) is 1. The summed E-state index contributed by atoms with van der Waals surface area (Å²) in [5.74, 6) is -2.39. The number of carbonyl (C=O) groups excluding carboxylic acids is 1. The highest BCUT2D eigenvalue weighted by atomic mass is 19.2. The highest BCUT2D eigenvalue weighted by Crippen LogP contribution is 2.35. The van der Waals surface area contributed by atoms with Crippen molar-refractivity contribution in [3.63, 3.8) is 0 Å². The van der Waals surface area contributed by atoms with Crippen LogP contribution in [0.3, 0.4) is 0 Å². The van der Waals surface area contributed by atoms with Crippen molar-refractivity contribution in [1.29, 1.82) is 0 Å². The van der Waals surface area contributed by atoms with Gasteiger partial charge in [-0.1, -0.05) is 12.1 Å². The Bertz CT molecular complexity index is 841. The molecule has 0 aromatic heterocycles. The number of carboxylic acid groups (broad SMARTS) is 1. The summed E-state index contributed by atoms with van der Waals surface area (Å²) >= 11 is 0. The molecule has 0 aliphatic carbocycles. The lowest BCUT2D eigenvalue weighted by molar-refractivity contribution is 0.102. The topological polar surface area (TPSA) is 87.7 Å². The van der Waals surface area contributed by atoms with E-state index in [9.17, 15) is 18.4 Å². The van der Waals surface area contributed by atoms with Gasteiger partial charge in [-0.25, -0.2) is 13.6 Å². The quantitative estimate of drug-likeness (QED) is 0.794. The SMILES string of the molecule is O=C(O)N[C@H]1CCOc2c(C(=O)Nc3ccc(F)c(F)c3)cccc21. The van der Waals surface area contributed by atoms with E-state index in [4.69, 9.17) is 9.84 Å². The van der Waals surface area contributed by atoms with Gasteiger partial charge in [-0.15, -0.1) is 0 Å². The number of hydrogen-bond acceptors (Lipinski definition) is 3. The molecule has 1 aliphatic heterocycles. The summed E-state index contributed by atoms with van der Waals surface area (Å²) in [6.07, 6.45) is -0.734. The third-order valence-electron chi connectivity index (χ3n) is 3.79. The summed E-state index contributed by atoms with van der Waals surface area (Å²) in [6.45, 7) is 0.243. The van der Waals surface area contributed by atoms with E-state index in [-0.39, 0.29) is 23.6 Å². The van der Waals surface area contributed by atoms with Crippen molar-refractivity contribution in [1.82, 2.24) is 5.32 Å². The Kier molecular flexibility index (Phi) is 4.51. The number of para-hydroxylation sites is 1. The van der Waals surface area contributed by atoms with E-state index >= 15 is 0 Å². The zero-order valence-corrected chi connectivity index (χ0v) is 12.9. The van der Waals surface area contributed by atoms with Crippen LogP contribution in [-0.4, -0.2) is 23.7 Å². The molecule has 0 radical (unpaired) electrons. The molecule has 2 amide bonds. The zero-order valence-electron chi connectivity index (χ0n) is 12.9. The molecule has 6 nitrogen and oxygen atoms in total. The lowest BCUT2D eigenvalue weighted by Crippen LogP contribution is -2.31. The van der Waals surface area contributed by atoms with Gasteiger partial charge in [0, 0.05) is 23.7 Å². The lowest BCUT2D eigenvalue weighted by Gasteiger charge is -2.27. The third-order valence-corrected chi connectivity index (χ3v) is 3.79. The molecule has 130 valence electrons. The van der Waals surface area contributed by atoms with Gasteiger partial charge in [0.15, 0.2) is 11.6 Å². The maximum atomic E-state index is 13.3. The zero-order chi connectivity index (χ0) is 18.0. The van der Waals surface area contributed by atoms with Crippen LogP contribution in [0.4, 0.5) is 19.3 Å². The average molecular weight is 348 g/mol. The van der Waals surface area contributed by atoms with E-state index in [1.54, 1.807) is 12.1 Å². The molecule has 1 heterocycles. The second-order valence-corrected chi connectivity index (χ2v) is 5.45. The molecule has 25 heavy (non-hydrogen) atoms. The molecule has 0 unspecified atom stereocenters. The second-order valence-electron chi connectivity index (χ2n) is 5.45. The van der Waals surface area contributed by atoms with Gasteiger partial charge in [0.2, 0.25) is 0 Å². The number of anilines is 1. The van der Waals surface area contributed by atoms with Crippen LogP contribution in [0.5, 0.6) is 5.75 Å². The fourth-order valence-corrected chi connectivity index (χ4v) is 2.67. The maximum absolute atomic E-state index is 13.3. The van der Waals surface area contributed by atoms with Crippen molar-refractivity contribution >= 4 is 17.7 Å². The van der Waals surface area contributed by atoms with E-state index in [1.165, 1.54) is 12.1 Å². The van der Waals surface area contributed by atoms with E-state index in [0.29, 0.717) is 12.0 Å². The summed E-state index contributed by atoms with van der Waals surface area (Å²) in [4.78, 5) is 23.4. The molecule has 0 spiro atoms. The highest BCUT2D eigenvalue weighted by Gasteiger charge is 2.27. The smallest absolute Gasteiger partial charge is 0.405 e. The van der Waals surface area contributed by atoms with E-state index in [2.05, 4.69) is 10.6 Å². The first-order valence-electron chi connectivity index (χ1n) is 7.47. The number of benzene rings is 2. The number of carbonyl (C=O) groups is 2. The van der Waals surface area contributed by atoms with Crippen molar-refractivity contribution in [3.05, 3.63) is 59.2 Å². The Labute approximate surface area is 141 Å². The Morgan fingerprint density at radius 1 is 1.16 bits per heavy atom. The van der Waals surface area contributed by atoms with Crippen molar-refractivity contribution in [2.75, 3.05) is 11.9 Å². The van der Waals surface area contributed by atoms with E-state index < -0.39 is 29.7 Å². The van der Waals surface area contributed by atoms with Gasteiger partial charge >= 0.3 is 6.09 Å². The van der Waals surface area contributed by atoms with Gasteiger partial charge in [0.1, 0.15) is 5.75 Å². The molecule has 3 N–H and O–H groups in total. The minimum atomic E-state index is -1.17. The Hall–Kier alpha value is -3.16. The first-order chi connectivity index (χ1) is 12.0. The van der Waals surface area contributed by atoms with Crippen LogP contribution in [-0.2, 0) is 0 Å². The highest BCUT2D eigenvalue weighted by molar-refractivity contribution is 6.06. The van der Waals surface area contributed by atoms with Crippen molar-refractivity contribution < 1.29 is 28.2 Å². The molecule has 2 aromatic rings. The van der Waals surface area contributed by atoms with Crippen LogP contribution in [0, 0.1) is 11.6 Å². The summed E-state index contributed by atoms with van der Waals surface area (Å²) in [5, 5.41) is 13.8. The molecule has 8 heteroatoms. The fraction of sp³-hybridized carbons (Fsp3) is 0.176. The standard InChI is InChI=1S/C17H14F2N2O4/c18-12-5-4-9(8-13(12)19)20-16(22)11-3-1-2-10-14(21-17(23)24)6-7-25-15(10)11/h1-5,8,14,21H,6-7H2,(H,20,22)(H,23,24)/t14-/m0/s1. The van der Waals surface area contributed by atoms with Crippen LogP contribution in [0.15, 0.2) is 36.4 Å². The van der Waals surface area contributed by atoms with Crippen LogP contribution in [0.25, 0.3) is 0 Å². The van der Waals surface area contributed by atoms with Gasteiger partial charge in [-0.05, 0) is 18.2 Å². The summed E-state index contributed by atoms with van der Waals surface area (Å²) in [5.41, 5.74) is 0.822. The second kappa shape index (κ2) is 6.76. The summed E-state index contributed by atoms with van der Waals surface area (Å²) < 4.78 is 31.8. The summed E-state index contributed by atoms with van der Waals surface area (Å²) in [7, 11) is 0. The van der Waals surface area contributed by atoms with Crippen LogP contribution in [0.1, 0.15) is 28.4 Å². The van der Waals surface area contributed by atoms with Gasteiger partial charge in [-0.3, -0.25) is 4.79 Å². The van der Waals surface area contributed by atoms with Gasteiger partial charge in [0.05, 0.1) is 18.2 Å². The van der Waals surface area contributed by atoms with Crippen molar-refractivity contribution in [3.8, 4) is 5.75 Å². The Morgan fingerprint density at radius 2 is 1.96 bits per heavy atom. The number of hydrogen-bond donors (Lipinski definition) is 3. The molecule has 1 aliphatic rings. The average Bonchev–Trinajstić information content (AvgIpc) is 2.57. The molecule has 0 saturated carbocycles.